The van der Waals surface area contributed by atoms with Gasteiger partial charge >= 0.3 is 0 Å². The van der Waals surface area contributed by atoms with Crippen molar-refractivity contribution in [2.45, 2.75) is 18.9 Å². The van der Waals surface area contributed by atoms with Crippen molar-refractivity contribution in [1.29, 1.82) is 0 Å². The first kappa shape index (κ1) is 15.4. The summed E-state index contributed by atoms with van der Waals surface area (Å²) in [6.45, 7) is 0. The van der Waals surface area contributed by atoms with Crippen LogP contribution in [0.1, 0.15) is 18.0 Å². The number of halogens is 4. The maximum atomic E-state index is 12.1. The van der Waals surface area contributed by atoms with Gasteiger partial charge in [-0.05, 0) is 17.7 Å². The van der Waals surface area contributed by atoms with Crippen molar-refractivity contribution >= 4 is 24.0 Å². The molecule has 0 spiro atoms. The monoisotopic (exact) mass is 271 g/mol. The number of ether oxygens (including phenoxy) is 1. The number of alkyl halides is 2. The minimum absolute atomic E-state index is 0. The highest BCUT2D eigenvalue weighted by molar-refractivity contribution is 6.32. The van der Waals surface area contributed by atoms with E-state index in [0.717, 1.165) is 0 Å². The predicted molar refractivity (Wildman–Crippen MR) is 62.8 cm³/mol. The number of hydrogen-bond acceptors (Lipinski definition) is 2. The quantitative estimate of drug-likeness (QED) is 0.911. The van der Waals surface area contributed by atoms with Crippen LogP contribution in [0.4, 0.5) is 8.78 Å². The minimum Gasteiger partial charge on any atom is -0.495 e. The molecule has 0 fully saturated rings. The summed E-state index contributed by atoms with van der Waals surface area (Å²) in [5.74, 6) is 0.443. The Labute approximate surface area is 104 Å². The van der Waals surface area contributed by atoms with Gasteiger partial charge in [0.2, 0.25) is 6.43 Å². The molecule has 0 radical (unpaired) electrons. The largest absolute Gasteiger partial charge is 0.495 e. The van der Waals surface area contributed by atoms with Gasteiger partial charge in [0.1, 0.15) is 5.75 Å². The zero-order valence-electron chi connectivity index (χ0n) is 8.62. The van der Waals surface area contributed by atoms with Crippen LogP contribution in [0.25, 0.3) is 0 Å². The second-order valence-electron chi connectivity index (χ2n) is 3.13. The molecule has 0 aliphatic heterocycles. The van der Waals surface area contributed by atoms with Gasteiger partial charge in [-0.1, -0.05) is 17.7 Å². The molecule has 0 saturated heterocycles. The van der Waals surface area contributed by atoms with Crippen LogP contribution >= 0.6 is 24.0 Å². The Balaban J connectivity index is 0.00000225. The van der Waals surface area contributed by atoms with Gasteiger partial charge < -0.3 is 10.5 Å². The molecule has 1 atom stereocenters. The summed E-state index contributed by atoms with van der Waals surface area (Å²) in [5, 5.41) is 0.436. The molecule has 0 bridgehead atoms. The fourth-order valence-corrected chi connectivity index (χ4v) is 1.43. The van der Waals surface area contributed by atoms with E-state index in [9.17, 15) is 8.78 Å². The summed E-state index contributed by atoms with van der Waals surface area (Å²) < 4.78 is 29.2. The van der Waals surface area contributed by atoms with Crippen LogP contribution in [0.2, 0.25) is 5.02 Å². The molecular weight excluding hydrogens is 259 g/mol. The van der Waals surface area contributed by atoms with Gasteiger partial charge in [-0.3, -0.25) is 0 Å². The SMILES string of the molecule is COc1cc([C@@H](N)CC(F)F)ccc1Cl.Cl. The van der Waals surface area contributed by atoms with Crippen LogP contribution in [0.3, 0.4) is 0 Å². The van der Waals surface area contributed by atoms with E-state index >= 15 is 0 Å². The average Bonchev–Trinajstić information content (AvgIpc) is 2.17. The minimum atomic E-state index is -2.42. The van der Waals surface area contributed by atoms with Crippen molar-refractivity contribution in [2.75, 3.05) is 7.11 Å². The maximum absolute atomic E-state index is 12.1. The van der Waals surface area contributed by atoms with Gasteiger partial charge in [0.25, 0.3) is 0 Å². The summed E-state index contributed by atoms with van der Waals surface area (Å²) in [6, 6.07) is 4.09. The Hall–Kier alpha value is -0.580. The van der Waals surface area contributed by atoms with Gasteiger partial charge in [0.05, 0.1) is 12.1 Å². The topological polar surface area (TPSA) is 35.2 Å². The van der Waals surface area contributed by atoms with E-state index in [0.29, 0.717) is 16.3 Å². The molecule has 1 rings (SSSR count). The molecule has 0 saturated carbocycles. The van der Waals surface area contributed by atoms with Crippen LogP contribution in [-0.4, -0.2) is 13.5 Å². The highest BCUT2D eigenvalue weighted by Gasteiger charge is 2.14. The molecule has 1 aromatic rings. The second-order valence-corrected chi connectivity index (χ2v) is 3.53. The van der Waals surface area contributed by atoms with Crippen LogP contribution in [0, 0.1) is 0 Å². The Morgan fingerprint density at radius 3 is 2.56 bits per heavy atom. The summed E-state index contributed by atoms with van der Waals surface area (Å²) in [7, 11) is 1.46. The molecule has 1 aromatic carbocycles. The van der Waals surface area contributed by atoms with E-state index in [1.54, 1.807) is 18.2 Å². The summed E-state index contributed by atoms with van der Waals surface area (Å²) in [6.07, 6.45) is -2.79. The number of benzene rings is 1. The lowest BCUT2D eigenvalue weighted by molar-refractivity contribution is 0.128. The van der Waals surface area contributed by atoms with Crippen LogP contribution < -0.4 is 10.5 Å². The van der Waals surface area contributed by atoms with Crippen molar-refractivity contribution < 1.29 is 13.5 Å². The van der Waals surface area contributed by atoms with Gasteiger partial charge in [-0.25, -0.2) is 8.78 Å². The fourth-order valence-electron chi connectivity index (χ4n) is 1.24. The number of nitrogens with two attached hydrogens (primary N) is 1. The summed E-state index contributed by atoms with van der Waals surface area (Å²) in [5.41, 5.74) is 6.18. The Kier molecular flexibility index (Phi) is 6.64. The zero-order valence-corrected chi connectivity index (χ0v) is 10.2. The molecule has 2 nitrogen and oxygen atoms in total. The summed E-state index contributed by atoms with van der Waals surface area (Å²) in [4.78, 5) is 0. The van der Waals surface area contributed by atoms with E-state index in [2.05, 4.69) is 0 Å². The first-order valence-corrected chi connectivity index (χ1v) is 4.79. The van der Waals surface area contributed by atoms with Gasteiger partial charge in [0, 0.05) is 12.5 Å². The molecule has 16 heavy (non-hydrogen) atoms. The number of rotatable bonds is 4. The Morgan fingerprint density at radius 2 is 2.06 bits per heavy atom. The molecule has 0 heterocycles. The molecule has 0 aromatic heterocycles. The highest BCUT2D eigenvalue weighted by atomic mass is 35.5. The predicted octanol–water partition coefficient (Wildman–Crippen LogP) is 3.43. The molecule has 92 valence electrons. The Bertz CT molecular complexity index is 337. The van der Waals surface area contributed by atoms with Crippen molar-refractivity contribution in [1.82, 2.24) is 0 Å². The number of hydrogen-bond donors (Lipinski definition) is 1. The third kappa shape index (κ3) is 4.12. The average molecular weight is 272 g/mol. The molecule has 0 aliphatic rings. The molecule has 2 N–H and O–H groups in total. The highest BCUT2D eigenvalue weighted by Crippen LogP contribution is 2.28. The molecule has 0 unspecified atom stereocenters. The number of methoxy groups -OCH3 is 1. The van der Waals surface area contributed by atoms with E-state index < -0.39 is 12.5 Å². The summed E-state index contributed by atoms with van der Waals surface area (Å²) >= 11 is 5.79. The van der Waals surface area contributed by atoms with Crippen molar-refractivity contribution in [3.8, 4) is 5.75 Å². The second kappa shape index (κ2) is 6.89. The normalized spacial score (nSPS) is 12.1. The van der Waals surface area contributed by atoms with E-state index in [4.69, 9.17) is 22.1 Å². The van der Waals surface area contributed by atoms with E-state index in [-0.39, 0.29) is 18.8 Å². The van der Waals surface area contributed by atoms with E-state index in [1.165, 1.54) is 7.11 Å². The van der Waals surface area contributed by atoms with Gasteiger partial charge in [0.15, 0.2) is 0 Å². The lowest BCUT2D eigenvalue weighted by atomic mass is 10.0. The van der Waals surface area contributed by atoms with Crippen molar-refractivity contribution in [3.05, 3.63) is 28.8 Å². The maximum Gasteiger partial charge on any atom is 0.240 e. The van der Waals surface area contributed by atoms with Crippen LogP contribution in [0.5, 0.6) is 5.75 Å². The van der Waals surface area contributed by atoms with Crippen molar-refractivity contribution in [3.63, 3.8) is 0 Å². The lowest BCUT2D eigenvalue weighted by Gasteiger charge is -2.13. The molecule has 0 amide bonds. The molecule has 0 aliphatic carbocycles. The molecule has 6 heteroatoms. The Morgan fingerprint density at radius 1 is 1.44 bits per heavy atom. The lowest BCUT2D eigenvalue weighted by Crippen LogP contribution is -2.13. The third-order valence-corrected chi connectivity index (χ3v) is 2.35. The van der Waals surface area contributed by atoms with Gasteiger partial charge in [-0.15, -0.1) is 12.4 Å². The fraction of sp³-hybridized carbons (Fsp3) is 0.400. The van der Waals surface area contributed by atoms with Crippen molar-refractivity contribution in [2.24, 2.45) is 5.73 Å². The first-order chi connectivity index (χ1) is 7.04. The van der Waals surface area contributed by atoms with Crippen LogP contribution in [-0.2, 0) is 0 Å². The standard InChI is InChI=1S/C10H12ClF2NO.ClH/c1-15-9-4-6(2-3-7(9)11)8(14)5-10(12)13;/h2-4,8,10H,5,14H2,1H3;1H/t8-;/m0./s1. The zero-order chi connectivity index (χ0) is 11.4. The smallest absolute Gasteiger partial charge is 0.240 e. The van der Waals surface area contributed by atoms with Crippen LogP contribution in [0.15, 0.2) is 18.2 Å². The molecular formula is C10H13Cl2F2NO. The first-order valence-electron chi connectivity index (χ1n) is 4.41. The van der Waals surface area contributed by atoms with E-state index in [1.807, 2.05) is 0 Å². The van der Waals surface area contributed by atoms with Gasteiger partial charge in [-0.2, -0.15) is 0 Å². The third-order valence-electron chi connectivity index (χ3n) is 2.04.